The van der Waals surface area contributed by atoms with Crippen LogP contribution in [-0.2, 0) is 4.79 Å². The lowest BCUT2D eigenvalue weighted by Gasteiger charge is -2.27. The van der Waals surface area contributed by atoms with Gasteiger partial charge in [0, 0.05) is 10.5 Å². The molecule has 0 heterocycles. The number of carboxylic acid groups (broad SMARTS) is 1. The minimum Gasteiger partial charge on any atom is -0.480 e. The number of nitrogens with zero attached hydrogens (tertiary/aromatic N) is 1. The lowest BCUT2D eigenvalue weighted by molar-refractivity contribution is -0.138. The number of carboxylic acids is 1. The summed E-state index contributed by atoms with van der Waals surface area (Å²) in [7, 11) is 0. The predicted molar refractivity (Wildman–Crippen MR) is 77.3 cm³/mol. The van der Waals surface area contributed by atoms with Crippen molar-refractivity contribution in [3.63, 3.8) is 0 Å². The minimum atomic E-state index is -1.00. The molecule has 0 radical (unpaired) electrons. The molecule has 0 fully saturated rings. The lowest BCUT2D eigenvalue weighted by atomic mass is 10.1. The summed E-state index contributed by atoms with van der Waals surface area (Å²) in [6, 6.07) is 5.30. The summed E-state index contributed by atoms with van der Waals surface area (Å²) in [6.45, 7) is 5.43. The first-order valence-corrected chi connectivity index (χ1v) is 6.95. The van der Waals surface area contributed by atoms with Crippen molar-refractivity contribution in [3.8, 4) is 0 Å². The average Bonchev–Trinajstić information content (AvgIpc) is 2.34. The molecule has 0 aliphatic carbocycles. The number of rotatable bonds is 5. The van der Waals surface area contributed by atoms with Gasteiger partial charge in [0.2, 0.25) is 0 Å². The van der Waals surface area contributed by atoms with Crippen molar-refractivity contribution in [1.82, 2.24) is 4.90 Å². The number of aliphatic carboxylic acids is 1. The van der Waals surface area contributed by atoms with Crippen molar-refractivity contribution < 1.29 is 14.7 Å². The monoisotopic (exact) mass is 327 g/mol. The number of carbonyl (C=O) groups is 2. The molecule has 1 aromatic rings. The van der Waals surface area contributed by atoms with E-state index in [1.165, 1.54) is 4.90 Å². The minimum absolute atomic E-state index is 0.114. The molecule has 0 saturated carbocycles. The third kappa shape index (κ3) is 4.06. The molecule has 1 N–H and O–H groups in total. The maximum absolute atomic E-state index is 12.4. The van der Waals surface area contributed by atoms with E-state index in [1.807, 2.05) is 32.9 Å². The molecule has 19 heavy (non-hydrogen) atoms. The van der Waals surface area contributed by atoms with Crippen molar-refractivity contribution in [2.45, 2.75) is 33.2 Å². The molecule has 4 nitrogen and oxygen atoms in total. The van der Waals surface area contributed by atoms with Gasteiger partial charge in [-0.15, -0.1) is 0 Å². The third-order valence-electron chi connectivity index (χ3n) is 3.04. The molecule has 104 valence electrons. The van der Waals surface area contributed by atoms with Crippen LogP contribution in [0.2, 0.25) is 0 Å². The van der Waals surface area contributed by atoms with E-state index in [2.05, 4.69) is 15.9 Å². The van der Waals surface area contributed by atoms with Gasteiger partial charge < -0.3 is 10.0 Å². The van der Waals surface area contributed by atoms with Crippen LogP contribution in [0.3, 0.4) is 0 Å². The van der Waals surface area contributed by atoms with Gasteiger partial charge in [0.15, 0.2) is 0 Å². The third-order valence-corrected chi connectivity index (χ3v) is 3.70. The first-order chi connectivity index (χ1) is 8.86. The first-order valence-electron chi connectivity index (χ1n) is 6.15. The summed E-state index contributed by atoms with van der Waals surface area (Å²) < 4.78 is 0.691. The van der Waals surface area contributed by atoms with E-state index >= 15 is 0 Å². The van der Waals surface area contributed by atoms with Gasteiger partial charge in [0.25, 0.3) is 5.91 Å². The highest BCUT2D eigenvalue weighted by Crippen LogP contribution is 2.21. The number of amides is 1. The largest absolute Gasteiger partial charge is 0.480 e. The van der Waals surface area contributed by atoms with Gasteiger partial charge in [-0.05, 0) is 53.9 Å². The predicted octanol–water partition coefficient (Wildman–Crippen LogP) is 3.08. The quantitative estimate of drug-likeness (QED) is 0.904. The number of halogens is 1. The van der Waals surface area contributed by atoms with Gasteiger partial charge in [-0.25, -0.2) is 0 Å². The molecule has 0 aromatic heterocycles. The van der Waals surface area contributed by atoms with E-state index in [-0.39, 0.29) is 18.5 Å². The van der Waals surface area contributed by atoms with Gasteiger partial charge >= 0.3 is 5.97 Å². The fourth-order valence-electron chi connectivity index (χ4n) is 1.74. The number of hydrogen-bond acceptors (Lipinski definition) is 2. The zero-order valence-corrected chi connectivity index (χ0v) is 12.9. The second kappa shape index (κ2) is 6.70. The number of hydrogen-bond donors (Lipinski definition) is 1. The summed E-state index contributed by atoms with van der Waals surface area (Å²) in [5.74, 6) is -1.26. The second-order valence-electron chi connectivity index (χ2n) is 4.57. The topological polar surface area (TPSA) is 57.6 Å². The van der Waals surface area contributed by atoms with Crippen LogP contribution in [0.5, 0.6) is 0 Å². The number of carbonyl (C=O) groups excluding carboxylic acids is 1. The van der Waals surface area contributed by atoms with Gasteiger partial charge in [-0.2, -0.15) is 0 Å². The summed E-state index contributed by atoms with van der Waals surface area (Å²) in [4.78, 5) is 24.7. The molecule has 0 aliphatic heterocycles. The Labute approximate surface area is 121 Å². The summed E-state index contributed by atoms with van der Waals surface area (Å²) in [5, 5.41) is 8.93. The molecule has 5 heteroatoms. The molecule has 1 amide bonds. The van der Waals surface area contributed by atoms with Crippen LogP contribution in [-0.4, -0.2) is 34.5 Å². The van der Waals surface area contributed by atoms with Crippen LogP contribution in [0.4, 0.5) is 0 Å². The van der Waals surface area contributed by atoms with Gasteiger partial charge in [-0.1, -0.05) is 13.0 Å². The number of benzene rings is 1. The molecule has 0 saturated heterocycles. The molecule has 1 atom stereocenters. The smallest absolute Gasteiger partial charge is 0.323 e. The maximum atomic E-state index is 12.4. The molecule has 0 spiro atoms. The molecule has 0 bridgehead atoms. The Balaban J connectivity index is 3.08. The van der Waals surface area contributed by atoms with E-state index in [0.717, 1.165) is 5.56 Å². The standard InChI is InChI=1S/C14H18BrNO3/c1-4-10(3)16(8-13(17)18)14(19)11-6-5-9(2)7-12(11)15/h5-7,10H,4,8H2,1-3H3,(H,17,18). The summed E-state index contributed by atoms with van der Waals surface area (Å²) in [5.41, 5.74) is 1.53. The molecule has 1 unspecified atom stereocenters. The zero-order valence-electron chi connectivity index (χ0n) is 11.3. The zero-order chi connectivity index (χ0) is 14.6. The maximum Gasteiger partial charge on any atom is 0.323 e. The van der Waals surface area contributed by atoms with E-state index in [4.69, 9.17) is 5.11 Å². The Hall–Kier alpha value is -1.36. The van der Waals surface area contributed by atoms with E-state index in [9.17, 15) is 9.59 Å². The van der Waals surface area contributed by atoms with Crippen molar-refractivity contribution in [2.75, 3.05) is 6.54 Å². The van der Waals surface area contributed by atoms with Crippen LogP contribution >= 0.6 is 15.9 Å². The van der Waals surface area contributed by atoms with Crippen LogP contribution in [0.1, 0.15) is 36.2 Å². The molecule has 1 rings (SSSR count). The van der Waals surface area contributed by atoms with Crippen molar-refractivity contribution in [1.29, 1.82) is 0 Å². The van der Waals surface area contributed by atoms with Gasteiger partial charge in [0.1, 0.15) is 6.54 Å². The van der Waals surface area contributed by atoms with E-state index < -0.39 is 5.97 Å². The highest BCUT2D eigenvalue weighted by molar-refractivity contribution is 9.10. The summed E-state index contributed by atoms with van der Waals surface area (Å²) in [6.07, 6.45) is 0.711. The highest BCUT2D eigenvalue weighted by atomic mass is 79.9. The second-order valence-corrected chi connectivity index (χ2v) is 5.42. The van der Waals surface area contributed by atoms with Crippen LogP contribution in [0, 0.1) is 6.92 Å². The van der Waals surface area contributed by atoms with E-state index in [0.29, 0.717) is 16.5 Å². The van der Waals surface area contributed by atoms with Crippen molar-refractivity contribution in [2.24, 2.45) is 0 Å². The Kier molecular flexibility index (Phi) is 5.54. The highest BCUT2D eigenvalue weighted by Gasteiger charge is 2.24. The van der Waals surface area contributed by atoms with Crippen LogP contribution < -0.4 is 0 Å². The molecule has 1 aromatic carbocycles. The van der Waals surface area contributed by atoms with Gasteiger partial charge in [-0.3, -0.25) is 9.59 Å². The van der Waals surface area contributed by atoms with Crippen LogP contribution in [0.15, 0.2) is 22.7 Å². The van der Waals surface area contributed by atoms with Crippen LogP contribution in [0.25, 0.3) is 0 Å². The Morgan fingerprint density at radius 2 is 2.05 bits per heavy atom. The first kappa shape index (κ1) is 15.7. The van der Waals surface area contributed by atoms with E-state index in [1.54, 1.807) is 6.07 Å². The fraction of sp³-hybridized carbons (Fsp3) is 0.429. The molecular formula is C14H18BrNO3. The molecule has 0 aliphatic rings. The van der Waals surface area contributed by atoms with Crippen molar-refractivity contribution in [3.05, 3.63) is 33.8 Å². The normalized spacial score (nSPS) is 12.0. The lowest BCUT2D eigenvalue weighted by Crippen LogP contribution is -2.42. The average molecular weight is 328 g/mol. The fourth-order valence-corrected chi connectivity index (χ4v) is 2.41. The number of aryl methyl sites for hydroxylation is 1. The van der Waals surface area contributed by atoms with Gasteiger partial charge in [0.05, 0.1) is 5.56 Å². The molecular weight excluding hydrogens is 310 g/mol. The summed E-state index contributed by atoms with van der Waals surface area (Å²) >= 11 is 3.36. The Bertz CT molecular complexity index is 488. The van der Waals surface area contributed by atoms with Crippen molar-refractivity contribution >= 4 is 27.8 Å². The Morgan fingerprint density at radius 3 is 2.53 bits per heavy atom. The Morgan fingerprint density at radius 1 is 1.42 bits per heavy atom. The SMILES string of the molecule is CCC(C)N(CC(=O)O)C(=O)c1ccc(C)cc1Br.